The number of rotatable bonds is 7. The quantitative estimate of drug-likeness (QED) is 0.751. The molecule has 0 aliphatic carbocycles. The van der Waals surface area contributed by atoms with E-state index in [2.05, 4.69) is 59.3 Å². The van der Waals surface area contributed by atoms with Crippen molar-refractivity contribution in [2.24, 2.45) is 0 Å². The summed E-state index contributed by atoms with van der Waals surface area (Å²) >= 11 is 0. The molecule has 1 aliphatic heterocycles. The Morgan fingerprint density at radius 2 is 1.64 bits per heavy atom. The zero-order valence-electron chi connectivity index (χ0n) is 15.5. The highest BCUT2D eigenvalue weighted by atomic mass is 16.5. The second-order valence-electron chi connectivity index (χ2n) is 6.99. The first kappa shape index (κ1) is 17.8. The lowest BCUT2D eigenvalue weighted by atomic mass is 10.0. The molecule has 0 radical (unpaired) electrons. The molecule has 0 spiro atoms. The highest BCUT2D eigenvalue weighted by molar-refractivity contribution is 5.58. The van der Waals surface area contributed by atoms with Gasteiger partial charge in [-0.3, -0.25) is 0 Å². The zero-order chi connectivity index (χ0) is 17.5. The molecule has 3 rings (SSSR count). The molecule has 2 aromatic carbocycles. The van der Waals surface area contributed by atoms with Crippen molar-refractivity contribution < 1.29 is 4.74 Å². The minimum Gasteiger partial charge on any atom is -0.495 e. The van der Waals surface area contributed by atoms with Crippen molar-refractivity contribution in [3.8, 4) is 5.75 Å². The van der Waals surface area contributed by atoms with Crippen molar-refractivity contribution in [3.63, 3.8) is 0 Å². The van der Waals surface area contributed by atoms with Gasteiger partial charge in [0.25, 0.3) is 0 Å². The number of benzene rings is 2. The van der Waals surface area contributed by atoms with Crippen LogP contribution < -0.4 is 9.64 Å². The van der Waals surface area contributed by atoms with E-state index in [1.807, 2.05) is 12.1 Å². The molecule has 1 atom stereocenters. The minimum absolute atomic E-state index is 0.428. The van der Waals surface area contributed by atoms with Crippen LogP contribution in [0.25, 0.3) is 0 Å². The maximum atomic E-state index is 5.60. The third kappa shape index (κ3) is 4.76. The van der Waals surface area contributed by atoms with E-state index in [4.69, 9.17) is 4.74 Å². The third-order valence-corrected chi connectivity index (χ3v) is 5.24. The van der Waals surface area contributed by atoms with Gasteiger partial charge in [-0.15, -0.1) is 0 Å². The molecule has 3 nitrogen and oxygen atoms in total. The summed E-state index contributed by atoms with van der Waals surface area (Å²) in [6.45, 7) is 3.56. The topological polar surface area (TPSA) is 15.7 Å². The van der Waals surface area contributed by atoms with Crippen molar-refractivity contribution >= 4 is 5.69 Å². The van der Waals surface area contributed by atoms with E-state index in [0.717, 1.165) is 18.7 Å². The molecule has 1 unspecified atom stereocenters. The Bertz CT molecular complexity index is 637. The number of hydrogen-bond acceptors (Lipinski definition) is 3. The molecular weight excluding hydrogens is 308 g/mol. The van der Waals surface area contributed by atoms with Crippen LogP contribution in [0, 0.1) is 0 Å². The van der Waals surface area contributed by atoms with Crippen LogP contribution in [-0.2, 0) is 6.42 Å². The van der Waals surface area contributed by atoms with Gasteiger partial charge >= 0.3 is 0 Å². The van der Waals surface area contributed by atoms with Crippen molar-refractivity contribution in [3.05, 3.63) is 60.2 Å². The normalized spacial score (nSPS) is 16.4. The summed E-state index contributed by atoms with van der Waals surface area (Å²) in [5.41, 5.74) is 2.56. The fourth-order valence-electron chi connectivity index (χ4n) is 3.77. The molecule has 1 heterocycles. The fraction of sp³-hybridized carbons (Fsp3) is 0.455. The molecule has 0 bridgehead atoms. The van der Waals surface area contributed by atoms with Crippen molar-refractivity contribution in [1.82, 2.24) is 4.90 Å². The molecule has 0 N–H and O–H groups in total. The maximum absolute atomic E-state index is 5.60. The van der Waals surface area contributed by atoms with E-state index < -0.39 is 0 Å². The van der Waals surface area contributed by atoms with E-state index in [9.17, 15) is 0 Å². The van der Waals surface area contributed by atoms with Crippen molar-refractivity contribution in [2.75, 3.05) is 38.7 Å². The van der Waals surface area contributed by atoms with Crippen LogP contribution in [0.1, 0.15) is 24.8 Å². The van der Waals surface area contributed by atoms with Gasteiger partial charge in [0.15, 0.2) is 0 Å². The van der Waals surface area contributed by atoms with Gasteiger partial charge in [-0.2, -0.15) is 0 Å². The van der Waals surface area contributed by atoms with Gasteiger partial charge in [0.2, 0.25) is 0 Å². The Morgan fingerprint density at radius 3 is 2.36 bits per heavy atom. The summed E-state index contributed by atoms with van der Waals surface area (Å²) in [4.78, 5) is 5.03. The van der Waals surface area contributed by atoms with Gasteiger partial charge in [0, 0.05) is 19.6 Å². The standard InChI is InChI=1S/C22H30N2O/c1-23(21-13-7-8-14-22(21)25-2)20(17-19-11-5-3-6-12-19)18-24-15-9-4-10-16-24/h3,5-8,11-14,20H,4,9-10,15-18H2,1-2H3. The van der Waals surface area contributed by atoms with Gasteiger partial charge in [-0.25, -0.2) is 0 Å². The molecule has 134 valence electrons. The van der Waals surface area contributed by atoms with Crippen molar-refractivity contribution in [1.29, 1.82) is 0 Å². The van der Waals surface area contributed by atoms with E-state index in [-0.39, 0.29) is 0 Å². The predicted molar refractivity (Wildman–Crippen MR) is 106 cm³/mol. The monoisotopic (exact) mass is 338 g/mol. The Hall–Kier alpha value is -2.00. The zero-order valence-corrected chi connectivity index (χ0v) is 15.5. The molecule has 1 saturated heterocycles. The first-order chi connectivity index (χ1) is 12.3. The van der Waals surface area contributed by atoms with E-state index in [0.29, 0.717) is 6.04 Å². The lowest BCUT2D eigenvalue weighted by Gasteiger charge is -2.36. The minimum atomic E-state index is 0.428. The summed E-state index contributed by atoms with van der Waals surface area (Å²) in [5.74, 6) is 0.946. The van der Waals surface area contributed by atoms with Crippen LogP contribution in [0.5, 0.6) is 5.75 Å². The maximum Gasteiger partial charge on any atom is 0.142 e. The Morgan fingerprint density at radius 1 is 0.960 bits per heavy atom. The van der Waals surface area contributed by atoms with E-state index in [1.165, 1.54) is 43.6 Å². The fourth-order valence-corrected chi connectivity index (χ4v) is 3.77. The summed E-state index contributed by atoms with van der Waals surface area (Å²) in [6, 6.07) is 19.6. The molecule has 0 aromatic heterocycles. The molecular formula is C22H30N2O. The number of anilines is 1. The van der Waals surface area contributed by atoms with Crippen LogP contribution >= 0.6 is 0 Å². The first-order valence-corrected chi connectivity index (χ1v) is 9.40. The number of likely N-dealkylation sites (tertiary alicyclic amines) is 1. The Balaban J connectivity index is 1.81. The van der Waals surface area contributed by atoms with Crippen LogP contribution in [0.15, 0.2) is 54.6 Å². The number of methoxy groups -OCH3 is 1. The SMILES string of the molecule is COc1ccccc1N(C)C(Cc1ccccc1)CN1CCCCC1. The van der Waals surface area contributed by atoms with E-state index >= 15 is 0 Å². The average Bonchev–Trinajstić information content (AvgIpc) is 2.68. The lowest BCUT2D eigenvalue weighted by Crippen LogP contribution is -2.45. The second kappa shape index (κ2) is 8.91. The number of likely N-dealkylation sites (N-methyl/N-ethyl adjacent to an activating group) is 1. The van der Waals surface area contributed by atoms with E-state index in [1.54, 1.807) is 7.11 Å². The van der Waals surface area contributed by atoms with Gasteiger partial charge in [-0.05, 0) is 50.0 Å². The Kier molecular flexibility index (Phi) is 6.35. The first-order valence-electron chi connectivity index (χ1n) is 9.40. The molecule has 0 amide bonds. The number of ether oxygens (including phenoxy) is 1. The van der Waals surface area contributed by atoms with Crippen molar-refractivity contribution in [2.45, 2.75) is 31.7 Å². The molecule has 2 aromatic rings. The van der Waals surface area contributed by atoms with Gasteiger partial charge in [0.1, 0.15) is 5.75 Å². The predicted octanol–water partition coefficient (Wildman–Crippen LogP) is 4.23. The summed E-state index contributed by atoms with van der Waals surface area (Å²) < 4.78 is 5.60. The van der Waals surface area contributed by atoms with Crippen LogP contribution in [0.2, 0.25) is 0 Å². The highest BCUT2D eigenvalue weighted by Gasteiger charge is 2.22. The summed E-state index contributed by atoms with van der Waals surface area (Å²) in [6.07, 6.45) is 5.08. The average molecular weight is 338 g/mol. The highest BCUT2D eigenvalue weighted by Crippen LogP contribution is 2.29. The Labute approximate surface area is 152 Å². The van der Waals surface area contributed by atoms with Gasteiger partial charge in [0.05, 0.1) is 12.8 Å². The number of nitrogens with zero attached hydrogens (tertiary/aromatic N) is 2. The van der Waals surface area contributed by atoms with Crippen LogP contribution in [-0.4, -0.2) is 44.7 Å². The molecule has 3 heteroatoms. The summed E-state index contributed by atoms with van der Waals surface area (Å²) in [7, 11) is 3.96. The number of piperidine rings is 1. The summed E-state index contributed by atoms with van der Waals surface area (Å²) in [5, 5.41) is 0. The third-order valence-electron chi connectivity index (χ3n) is 5.24. The molecule has 0 saturated carbocycles. The van der Waals surface area contributed by atoms with Gasteiger partial charge < -0.3 is 14.5 Å². The smallest absolute Gasteiger partial charge is 0.142 e. The van der Waals surface area contributed by atoms with Crippen LogP contribution in [0.3, 0.4) is 0 Å². The number of para-hydroxylation sites is 2. The van der Waals surface area contributed by atoms with Gasteiger partial charge in [-0.1, -0.05) is 48.9 Å². The molecule has 25 heavy (non-hydrogen) atoms. The number of hydrogen-bond donors (Lipinski definition) is 0. The largest absolute Gasteiger partial charge is 0.495 e. The van der Waals surface area contributed by atoms with Crippen LogP contribution in [0.4, 0.5) is 5.69 Å². The molecule has 1 fully saturated rings. The molecule has 1 aliphatic rings. The second-order valence-corrected chi connectivity index (χ2v) is 6.99. The lowest BCUT2D eigenvalue weighted by molar-refractivity contribution is 0.213.